The van der Waals surface area contributed by atoms with Crippen LogP contribution in [-0.4, -0.2) is 11.5 Å². The van der Waals surface area contributed by atoms with Crippen LogP contribution < -0.4 is 5.32 Å². The molecule has 1 fully saturated rings. The number of benzene rings is 1. The van der Waals surface area contributed by atoms with E-state index in [1.807, 2.05) is 6.92 Å². The van der Waals surface area contributed by atoms with E-state index in [-0.39, 0.29) is 0 Å². The number of para-hydroxylation sites is 1. The predicted octanol–water partition coefficient (Wildman–Crippen LogP) is 3.76. The van der Waals surface area contributed by atoms with Gasteiger partial charge in [0, 0.05) is 17.6 Å². The number of aromatic nitrogens is 1. The Morgan fingerprint density at radius 2 is 2.12 bits per heavy atom. The SMILES string of the molecule is Cc1ccc2cccc(NCC3CCC3)c2n1. The third-order valence-electron chi connectivity index (χ3n) is 3.67. The van der Waals surface area contributed by atoms with Crippen LogP contribution in [0.4, 0.5) is 5.69 Å². The Morgan fingerprint density at radius 1 is 1.24 bits per heavy atom. The van der Waals surface area contributed by atoms with Gasteiger partial charge >= 0.3 is 0 Å². The Bertz CT molecular complexity index is 529. The summed E-state index contributed by atoms with van der Waals surface area (Å²) in [5, 5.41) is 4.77. The van der Waals surface area contributed by atoms with Crippen LogP contribution in [0.3, 0.4) is 0 Å². The number of rotatable bonds is 3. The van der Waals surface area contributed by atoms with Crippen molar-refractivity contribution in [2.24, 2.45) is 5.92 Å². The average Bonchev–Trinajstić information content (AvgIpc) is 2.27. The maximum absolute atomic E-state index is 4.63. The van der Waals surface area contributed by atoms with Crippen molar-refractivity contribution in [2.75, 3.05) is 11.9 Å². The summed E-state index contributed by atoms with van der Waals surface area (Å²) in [5.41, 5.74) is 3.36. The van der Waals surface area contributed by atoms with E-state index in [0.717, 1.165) is 23.7 Å². The molecule has 17 heavy (non-hydrogen) atoms. The highest BCUT2D eigenvalue weighted by atomic mass is 14.9. The van der Waals surface area contributed by atoms with Crippen LogP contribution in [0.15, 0.2) is 30.3 Å². The highest BCUT2D eigenvalue weighted by molar-refractivity contribution is 5.90. The van der Waals surface area contributed by atoms with Crippen LogP contribution >= 0.6 is 0 Å². The zero-order valence-corrected chi connectivity index (χ0v) is 10.2. The summed E-state index contributed by atoms with van der Waals surface area (Å²) in [6.45, 7) is 3.14. The van der Waals surface area contributed by atoms with Gasteiger partial charge in [-0.2, -0.15) is 0 Å². The molecular formula is C15H18N2. The number of nitrogens with one attached hydrogen (secondary N) is 1. The van der Waals surface area contributed by atoms with Crippen molar-refractivity contribution < 1.29 is 0 Å². The summed E-state index contributed by atoms with van der Waals surface area (Å²) in [5.74, 6) is 0.870. The largest absolute Gasteiger partial charge is 0.383 e. The van der Waals surface area contributed by atoms with Crippen molar-refractivity contribution in [1.29, 1.82) is 0 Å². The predicted molar refractivity (Wildman–Crippen MR) is 72.3 cm³/mol. The Kier molecular flexibility index (Phi) is 2.71. The molecule has 0 atom stereocenters. The van der Waals surface area contributed by atoms with Gasteiger partial charge in [-0.05, 0) is 37.8 Å². The molecule has 0 aliphatic heterocycles. The summed E-state index contributed by atoms with van der Waals surface area (Å²) in [4.78, 5) is 4.63. The molecule has 1 aliphatic rings. The van der Waals surface area contributed by atoms with E-state index in [9.17, 15) is 0 Å². The molecule has 1 heterocycles. The lowest BCUT2D eigenvalue weighted by Crippen LogP contribution is -2.21. The maximum Gasteiger partial charge on any atom is 0.0936 e. The number of nitrogens with zero attached hydrogens (tertiary/aromatic N) is 1. The molecule has 0 spiro atoms. The first kappa shape index (κ1) is 10.6. The number of hydrogen-bond acceptors (Lipinski definition) is 2. The second kappa shape index (κ2) is 4.36. The highest BCUT2D eigenvalue weighted by Gasteiger charge is 2.17. The van der Waals surface area contributed by atoms with Gasteiger partial charge in [0.15, 0.2) is 0 Å². The van der Waals surface area contributed by atoms with E-state index >= 15 is 0 Å². The molecule has 2 heteroatoms. The van der Waals surface area contributed by atoms with E-state index in [2.05, 4.69) is 40.6 Å². The lowest BCUT2D eigenvalue weighted by Gasteiger charge is -2.26. The van der Waals surface area contributed by atoms with Gasteiger partial charge in [0.2, 0.25) is 0 Å². The molecule has 1 aromatic heterocycles. The Labute approximate surface area is 102 Å². The van der Waals surface area contributed by atoms with Crippen molar-refractivity contribution in [3.63, 3.8) is 0 Å². The van der Waals surface area contributed by atoms with E-state index in [4.69, 9.17) is 0 Å². The molecule has 1 saturated carbocycles. The topological polar surface area (TPSA) is 24.9 Å². The molecule has 1 N–H and O–H groups in total. The number of hydrogen-bond donors (Lipinski definition) is 1. The van der Waals surface area contributed by atoms with E-state index < -0.39 is 0 Å². The van der Waals surface area contributed by atoms with Gasteiger partial charge in [-0.1, -0.05) is 24.6 Å². The molecule has 1 aromatic carbocycles. The number of pyridine rings is 1. The minimum atomic E-state index is 0.870. The smallest absolute Gasteiger partial charge is 0.0936 e. The molecule has 0 saturated heterocycles. The molecule has 2 aromatic rings. The first-order valence-corrected chi connectivity index (χ1v) is 6.43. The molecule has 88 valence electrons. The minimum absolute atomic E-state index is 0.870. The van der Waals surface area contributed by atoms with Gasteiger partial charge < -0.3 is 5.32 Å². The molecule has 0 bridgehead atoms. The second-order valence-corrected chi connectivity index (χ2v) is 5.01. The van der Waals surface area contributed by atoms with Gasteiger partial charge in [-0.15, -0.1) is 0 Å². The third-order valence-corrected chi connectivity index (χ3v) is 3.67. The number of fused-ring (bicyclic) bond motifs is 1. The zero-order valence-electron chi connectivity index (χ0n) is 10.2. The molecular weight excluding hydrogens is 208 g/mol. The van der Waals surface area contributed by atoms with E-state index in [1.54, 1.807) is 0 Å². The van der Waals surface area contributed by atoms with Gasteiger partial charge in [-0.25, -0.2) is 0 Å². The third kappa shape index (κ3) is 2.12. The van der Waals surface area contributed by atoms with Crippen LogP contribution in [0.25, 0.3) is 10.9 Å². The summed E-state index contributed by atoms with van der Waals surface area (Å²) < 4.78 is 0. The summed E-state index contributed by atoms with van der Waals surface area (Å²) in [7, 11) is 0. The average molecular weight is 226 g/mol. The molecule has 3 rings (SSSR count). The molecule has 2 nitrogen and oxygen atoms in total. The molecule has 0 amide bonds. The van der Waals surface area contributed by atoms with Crippen molar-refractivity contribution in [2.45, 2.75) is 26.2 Å². The van der Waals surface area contributed by atoms with Gasteiger partial charge in [-0.3, -0.25) is 4.98 Å². The van der Waals surface area contributed by atoms with Crippen LogP contribution in [0, 0.1) is 12.8 Å². The Morgan fingerprint density at radius 3 is 2.88 bits per heavy atom. The van der Waals surface area contributed by atoms with Crippen LogP contribution in [-0.2, 0) is 0 Å². The zero-order chi connectivity index (χ0) is 11.7. The summed E-state index contributed by atoms with van der Waals surface area (Å²) in [6.07, 6.45) is 4.16. The van der Waals surface area contributed by atoms with Gasteiger partial charge in [0.1, 0.15) is 0 Å². The standard InChI is InChI=1S/C15H18N2/c1-11-8-9-13-6-3-7-14(15(13)17-11)16-10-12-4-2-5-12/h3,6-9,12,16H,2,4-5,10H2,1H3. The highest BCUT2D eigenvalue weighted by Crippen LogP contribution is 2.28. The second-order valence-electron chi connectivity index (χ2n) is 5.01. The van der Waals surface area contributed by atoms with Crippen molar-refractivity contribution in [1.82, 2.24) is 4.98 Å². The van der Waals surface area contributed by atoms with Crippen molar-refractivity contribution >= 4 is 16.6 Å². The lowest BCUT2D eigenvalue weighted by atomic mass is 9.85. The van der Waals surface area contributed by atoms with Crippen LogP contribution in [0.5, 0.6) is 0 Å². The monoisotopic (exact) mass is 226 g/mol. The van der Waals surface area contributed by atoms with Gasteiger partial charge in [0.05, 0.1) is 11.2 Å². The fourth-order valence-corrected chi connectivity index (χ4v) is 2.34. The Balaban J connectivity index is 1.88. The van der Waals surface area contributed by atoms with Crippen LogP contribution in [0.1, 0.15) is 25.0 Å². The maximum atomic E-state index is 4.63. The minimum Gasteiger partial charge on any atom is -0.383 e. The molecule has 0 radical (unpaired) electrons. The van der Waals surface area contributed by atoms with E-state index in [0.29, 0.717) is 0 Å². The fraction of sp³-hybridized carbons (Fsp3) is 0.400. The summed E-state index contributed by atoms with van der Waals surface area (Å²) >= 11 is 0. The lowest BCUT2D eigenvalue weighted by molar-refractivity contribution is 0.333. The van der Waals surface area contributed by atoms with Crippen molar-refractivity contribution in [3.05, 3.63) is 36.0 Å². The fourth-order valence-electron chi connectivity index (χ4n) is 2.34. The molecule has 0 unspecified atom stereocenters. The number of aryl methyl sites for hydroxylation is 1. The van der Waals surface area contributed by atoms with Crippen LogP contribution in [0.2, 0.25) is 0 Å². The summed E-state index contributed by atoms with van der Waals surface area (Å²) in [6, 6.07) is 10.6. The normalized spacial score (nSPS) is 15.8. The molecule has 1 aliphatic carbocycles. The van der Waals surface area contributed by atoms with Crippen molar-refractivity contribution in [3.8, 4) is 0 Å². The first-order chi connectivity index (χ1) is 8.33. The Hall–Kier alpha value is -1.57. The number of anilines is 1. The quantitative estimate of drug-likeness (QED) is 0.862. The van der Waals surface area contributed by atoms with E-state index in [1.165, 1.54) is 30.3 Å². The first-order valence-electron chi connectivity index (χ1n) is 6.43. The van der Waals surface area contributed by atoms with Gasteiger partial charge in [0.25, 0.3) is 0 Å².